The number of ketones is 1. The fourth-order valence-electron chi connectivity index (χ4n) is 3.51. The Morgan fingerprint density at radius 2 is 1.77 bits per heavy atom. The van der Waals surface area contributed by atoms with Gasteiger partial charge in [0.05, 0.1) is 12.6 Å². The first kappa shape index (κ1) is 23.5. The van der Waals surface area contributed by atoms with Gasteiger partial charge in [-0.15, -0.1) is 0 Å². The van der Waals surface area contributed by atoms with Crippen molar-refractivity contribution in [1.29, 1.82) is 0 Å². The maximum atomic E-state index is 12.8. The zero-order valence-corrected chi connectivity index (χ0v) is 20.0. The van der Waals surface area contributed by atoms with E-state index in [0.29, 0.717) is 17.2 Å². The SMILES string of the molecule is COc1ccc2c(C(OP(=O)(OC)OC)=C3CCCC3)nn(CC(=O)C(C)(C)C)c2c1. The summed E-state index contributed by atoms with van der Waals surface area (Å²) in [6.07, 6.45) is 3.66. The number of aromatic nitrogens is 2. The van der Waals surface area contributed by atoms with Gasteiger partial charge in [0.15, 0.2) is 11.5 Å². The van der Waals surface area contributed by atoms with Gasteiger partial charge in [0, 0.05) is 31.1 Å². The smallest absolute Gasteiger partial charge is 0.497 e. The van der Waals surface area contributed by atoms with Crippen molar-refractivity contribution in [2.24, 2.45) is 5.41 Å². The molecule has 1 aromatic heterocycles. The third-order valence-electron chi connectivity index (χ3n) is 5.48. The number of phosphoric acid groups is 1. The molecule has 0 atom stereocenters. The molecule has 1 saturated carbocycles. The lowest BCUT2D eigenvalue weighted by Crippen LogP contribution is -2.25. The minimum Gasteiger partial charge on any atom is -0.497 e. The van der Waals surface area contributed by atoms with E-state index in [-0.39, 0.29) is 12.3 Å². The molecule has 170 valence electrons. The second-order valence-corrected chi connectivity index (χ2v) is 10.4. The highest BCUT2D eigenvalue weighted by Gasteiger charge is 2.32. The Bertz CT molecular complexity index is 1030. The van der Waals surface area contributed by atoms with Crippen molar-refractivity contribution in [3.8, 4) is 5.75 Å². The third-order valence-corrected chi connectivity index (χ3v) is 6.78. The molecule has 0 saturated heterocycles. The van der Waals surface area contributed by atoms with Gasteiger partial charge in [0.2, 0.25) is 0 Å². The minimum atomic E-state index is -3.79. The fourth-order valence-corrected chi connectivity index (χ4v) is 4.24. The predicted molar refractivity (Wildman–Crippen MR) is 119 cm³/mol. The zero-order valence-electron chi connectivity index (χ0n) is 19.1. The number of rotatable bonds is 8. The molecule has 0 N–H and O–H groups in total. The Hall–Kier alpha value is -2.15. The molecule has 0 spiro atoms. The second-order valence-electron chi connectivity index (χ2n) is 8.61. The molecular weight excluding hydrogens is 419 g/mol. The molecule has 2 aromatic rings. The molecule has 1 aromatic carbocycles. The van der Waals surface area contributed by atoms with Gasteiger partial charge < -0.3 is 9.26 Å². The number of Topliss-reactive ketones (excluding diaryl/α,β-unsaturated/α-hetero) is 1. The van der Waals surface area contributed by atoms with E-state index in [4.69, 9.17) is 23.4 Å². The van der Waals surface area contributed by atoms with Crippen molar-refractivity contribution < 1.29 is 27.7 Å². The van der Waals surface area contributed by atoms with E-state index >= 15 is 0 Å². The topological polar surface area (TPSA) is 88.9 Å². The number of carbonyl (C=O) groups is 1. The summed E-state index contributed by atoms with van der Waals surface area (Å²) < 4.78 is 35.8. The number of ether oxygens (including phenoxy) is 1. The maximum absolute atomic E-state index is 12.8. The van der Waals surface area contributed by atoms with Crippen molar-refractivity contribution in [2.45, 2.75) is 53.0 Å². The monoisotopic (exact) mass is 450 g/mol. The Morgan fingerprint density at radius 3 is 2.32 bits per heavy atom. The van der Waals surface area contributed by atoms with Crippen LogP contribution in [-0.4, -0.2) is 36.9 Å². The van der Waals surface area contributed by atoms with Crippen molar-refractivity contribution in [3.63, 3.8) is 0 Å². The van der Waals surface area contributed by atoms with Crippen LogP contribution in [0.3, 0.4) is 0 Å². The number of hydrogen-bond donors (Lipinski definition) is 0. The van der Waals surface area contributed by atoms with Gasteiger partial charge in [0.25, 0.3) is 0 Å². The van der Waals surface area contributed by atoms with E-state index in [1.54, 1.807) is 11.8 Å². The van der Waals surface area contributed by atoms with Crippen molar-refractivity contribution in [3.05, 3.63) is 29.5 Å². The molecule has 0 amide bonds. The summed E-state index contributed by atoms with van der Waals surface area (Å²) in [7, 11) is 0.362. The van der Waals surface area contributed by atoms with Gasteiger partial charge in [-0.25, -0.2) is 4.57 Å². The number of methoxy groups -OCH3 is 1. The summed E-state index contributed by atoms with van der Waals surface area (Å²) >= 11 is 0. The highest BCUT2D eigenvalue weighted by Crippen LogP contribution is 2.53. The van der Waals surface area contributed by atoms with Crippen LogP contribution in [0.15, 0.2) is 23.8 Å². The Kier molecular flexibility index (Phi) is 6.94. The van der Waals surface area contributed by atoms with E-state index in [0.717, 1.165) is 42.2 Å². The number of nitrogens with zero attached hydrogens (tertiary/aromatic N) is 2. The van der Waals surface area contributed by atoms with Crippen LogP contribution in [0.4, 0.5) is 0 Å². The molecule has 9 heteroatoms. The molecule has 0 unspecified atom stereocenters. The van der Waals surface area contributed by atoms with Crippen LogP contribution >= 0.6 is 7.82 Å². The summed E-state index contributed by atoms with van der Waals surface area (Å²) in [4.78, 5) is 12.8. The summed E-state index contributed by atoms with van der Waals surface area (Å²) in [5.41, 5.74) is 1.75. The normalized spacial score (nSPS) is 14.8. The fraction of sp³-hybridized carbons (Fsp3) is 0.545. The largest absolute Gasteiger partial charge is 0.529 e. The minimum absolute atomic E-state index is 0.0433. The number of allylic oxidation sites excluding steroid dienone is 1. The van der Waals surface area contributed by atoms with Gasteiger partial charge in [-0.2, -0.15) is 5.10 Å². The summed E-state index contributed by atoms with van der Waals surface area (Å²) in [6, 6.07) is 5.54. The van der Waals surface area contributed by atoms with E-state index in [9.17, 15) is 9.36 Å². The second kappa shape index (κ2) is 9.15. The zero-order chi connectivity index (χ0) is 22.8. The molecule has 3 rings (SSSR count). The van der Waals surface area contributed by atoms with Crippen molar-refractivity contribution >= 4 is 30.3 Å². The van der Waals surface area contributed by atoms with Crippen LogP contribution < -0.4 is 4.74 Å². The average Bonchev–Trinajstić information content (AvgIpc) is 3.39. The number of phosphoric ester groups is 1. The molecule has 1 heterocycles. The van der Waals surface area contributed by atoms with Crippen LogP contribution in [0.5, 0.6) is 5.75 Å². The maximum Gasteiger partial charge on any atom is 0.529 e. The van der Waals surface area contributed by atoms with E-state index in [2.05, 4.69) is 0 Å². The molecule has 1 aliphatic rings. The molecule has 1 aliphatic carbocycles. The van der Waals surface area contributed by atoms with E-state index in [1.165, 1.54) is 14.2 Å². The first-order valence-corrected chi connectivity index (χ1v) is 11.8. The first-order valence-electron chi connectivity index (χ1n) is 10.3. The highest BCUT2D eigenvalue weighted by molar-refractivity contribution is 7.48. The quantitative estimate of drug-likeness (QED) is 0.395. The van der Waals surface area contributed by atoms with E-state index < -0.39 is 13.2 Å². The Balaban J connectivity index is 2.20. The van der Waals surface area contributed by atoms with E-state index in [1.807, 2.05) is 39.0 Å². The molecule has 1 fully saturated rings. The van der Waals surface area contributed by atoms with Crippen molar-refractivity contribution in [2.75, 3.05) is 21.3 Å². The molecule has 31 heavy (non-hydrogen) atoms. The van der Waals surface area contributed by atoms with Gasteiger partial charge in [-0.05, 0) is 43.4 Å². The number of benzene rings is 1. The molecule has 0 radical (unpaired) electrons. The summed E-state index contributed by atoms with van der Waals surface area (Å²) in [5.74, 6) is 1.10. The number of fused-ring (bicyclic) bond motifs is 1. The lowest BCUT2D eigenvalue weighted by molar-refractivity contribution is -0.127. The summed E-state index contributed by atoms with van der Waals surface area (Å²) in [6.45, 7) is 5.74. The lowest BCUT2D eigenvalue weighted by Gasteiger charge is -2.18. The Labute approximate surface area is 183 Å². The van der Waals surface area contributed by atoms with Crippen LogP contribution in [0.2, 0.25) is 0 Å². The van der Waals surface area contributed by atoms with Gasteiger partial charge >= 0.3 is 7.82 Å². The molecule has 8 nitrogen and oxygen atoms in total. The summed E-state index contributed by atoms with van der Waals surface area (Å²) in [5, 5.41) is 5.51. The highest BCUT2D eigenvalue weighted by atomic mass is 31.2. The third kappa shape index (κ3) is 5.03. The number of hydrogen-bond acceptors (Lipinski definition) is 7. The van der Waals surface area contributed by atoms with Crippen molar-refractivity contribution in [1.82, 2.24) is 9.78 Å². The molecule has 0 bridgehead atoms. The first-order chi connectivity index (χ1) is 14.6. The van der Waals surface area contributed by atoms with Gasteiger partial charge in [-0.3, -0.25) is 18.5 Å². The van der Waals surface area contributed by atoms with Crippen LogP contribution in [0.1, 0.15) is 52.1 Å². The number of carbonyl (C=O) groups excluding carboxylic acids is 1. The molecule has 0 aliphatic heterocycles. The Morgan fingerprint density at radius 1 is 1.13 bits per heavy atom. The standard InChI is InChI=1S/C22H31N2O6P/c1-22(2,3)19(25)14-24-18-13-16(27-4)11-12-17(18)20(23-24)21(15-9-7-8-10-15)30-31(26,28-5)29-6/h11-13H,7-10,14H2,1-6H3. The lowest BCUT2D eigenvalue weighted by atomic mass is 9.91. The van der Waals surface area contributed by atoms with Gasteiger partial charge in [-0.1, -0.05) is 20.8 Å². The molecular formula is C22H31N2O6P. The van der Waals surface area contributed by atoms with Crippen LogP contribution in [0.25, 0.3) is 16.7 Å². The predicted octanol–water partition coefficient (Wildman–Crippen LogP) is 5.36. The average molecular weight is 450 g/mol. The van der Waals surface area contributed by atoms with Crippen LogP contribution in [0, 0.1) is 5.41 Å². The van der Waals surface area contributed by atoms with Crippen LogP contribution in [-0.2, 0) is 29.5 Å². The van der Waals surface area contributed by atoms with Gasteiger partial charge in [0.1, 0.15) is 18.0 Å².